The number of carbonyl (C=O) groups is 2. The Morgan fingerprint density at radius 3 is 2.57 bits per heavy atom. The third kappa shape index (κ3) is 8.19. The summed E-state index contributed by atoms with van der Waals surface area (Å²) in [5, 5.41) is 14.3. The summed E-state index contributed by atoms with van der Waals surface area (Å²) in [5.41, 5.74) is 0.738. The topological polar surface area (TPSA) is 97.4 Å². The predicted octanol–water partition coefficient (Wildman–Crippen LogP) is 0.969. The van der Waals surface area contributed by atoms with Gasteiger partial charge in [-0.2, -0.15) is 0 Å². The van der Waals surface area contributed by atoms with Crippen LogP contribution < -0.4 is 22.3 Å². The Bertz CT molecular complexity index is 948. The van der Waals surface area contributed by atoms with E-state index in [1.807, 2.05) is 39.0 Å². The first-order valence-electron chi connectivity index (χ1n) is 12.3. The number of imide groups is 1. The van der Waals surface area contributed by atoms with Gasteiger partial charge in [-0.25, -0.2) is 4.79 Å². The summed E-state index contributed by atoms with van der Waals surface area (Å²) in [4.78, 5) is 23.9. The number of benzene rings is 1. The van der Waals surface area contributed by atoms with Gasteiger partial charge in [-0.1, -0.05) is 42.0 Å². The van der Waals surface area contributed by atoms with Crippen LogP contribution in [-0.2, 0) is 35.7 Å². The number of hydrogen-bond acceptors (Lipinski definition) is 6. The Hall–Kier alpha value is -1.10. The Kier molecular flexibility index (Phi) is 12.0. The number of hydrogen-bond donors (Lipinski definition) is 2. The summed E-state index contributed by atoms with van der Waals surface area (Å²) in [6.45, 7) is 6.11. The highest BCUT2D eigenvalue weighted by Gasteiger charge is 2.68. The zero-order valence-corrected chi connectivity index (χ0v) is 25.3. The lowest BCUT2D eigenvalue weighted by Crippen LogP contribution is -3.00. The van der Waals surface area contributed by atoms with Gasteiger partial charge >= 0.3 is 6.09 Å². The van der Waals surface area contributed by atoms with E-state index >= 15 is 0 Å². The van der Waals surface area contributed by atoms with E-state index in [2.05, 4.69) is 29.8 Å². The molecule has 208 valence electrons. The van der Waals surface area contributed by atoms with Gasteiger partial charge < -0.3 is 36.3 Å². The largest absolute Gasteiger partial charge is 1.00 e. The van der Waals surface area contributed by atoms with Crippen molar-refractivity contribution < 1.29 is 45.9 Å². The summed E-state index contributed by atoms with van der Waals surface area (Å²) in [7, 11) is 1.46. The van der Waals surface area contributed by atoms with E-state index < -0.39 is 41.3 Å². The third-order valence-corrected chi connectivity index (χ3v) is 9.18. The van der Waals surface area contributed by atoms with E-state index in [1.54, 1.807) is 7.11 Å². The molecule has 3 rings (SSSR count). The maximum absolute atomic E-state index is 12.3. The Morgan fingerprint density at radius 2 is 1.97 bits per heavy atom. The van der Waals surface area contributed by atoms with Crippen LogP contribution in [0, 0.1) is 5.92 Å². The van der Waals surface area contributed by atoms with Crippen molar-refractivity contribution in [2.75, 3.05) is 25.0 Å². The fourth-order valence-corrected chi connectivity index (χ4v) is 7.60. The molecular formula is C27H39BrClNO6S. The monoisotopic (exact) mass is 619 g/mol. The lowest BCUT2D eigenvalue weighted by atomic mass is 9.66. The van der Waals surface area contributed by atoms with Gasteiger partial charge in [-0.15, -0.1) is 11.6 Å². The molecule has 0 spiro atoms. The first-order chi connectivity index (χ1) is 17.0. The standard InChI is InChI=1S/C27H38ClNO6S.BrH/c1-18(2)11-12-21-26(3,35-21)24-23(33-4)20(34-25(31)29-22(30)15-28)13-14-27(24,32)17-36(5)16-19-9-7-6-8-10-19;/h6-11,20-21,23-24,32H,12-17H2,1-5H3;1H/t20-,21-,23-,24-,26-,27+,36?;/m1./s1. The lowest BCUT2D eigenvalue weighted by Gasteiger charge is -2.48. The van der Waals surface area contributed by atoms with E-state index in [4.69, 9.17) is 25.8 Å². The maximum Gasteiger partial charge on any atom is 0.414 e. The van der Waals surface area contributed by atoms with Crippen molar-refractivity contribution in [3.63, 3.8) is 0 Å². The number of carbonyl (C=O) groups excluding carboxylic acids is 2. The normalized spacial score (nSPS) is 31.4. The highest BCUT2D eigenvalue weighted by atomic mass is 79.9. The fourth-order valence-electron chi connectivity index (χ4n) is 5.49. The molecule has 2 aliphatic rings. The average Bonchev–Trinajstić information content (AvgIpc) is 3.49. The minimum Gasteiger partial charge on any atom is -1.00 e. The van der Waals surface area contributed by atoms with Gasteiger partial charge in [0.05, 0.1) is 18.3 Å². The molecule has 0 radical (unpaired) electrons. The highest BCUT2D eigenvalue weighted by Crippen LogP contribution is 2.55. The summed E-state index contributed by atoms with van der Waals surface area (Å²) >= 11 is 5.50. The van der Waals surface area contributed by atoms with Crippen LogP contribution in [0.1, 0.15) is 45.6 Å². The maximum atomic E-state index is 12.3. The van der Waals surface area contributed by atoms with Crippen molar-refractivity contribution in [2.24, 2.45) is 5.92 Å². The quantitative estimate of drug-likeness (QED) is 0.175. The zero-order valence-electron chi connectivity index (χ0n) is 22.2. The molecule has 2 amide bonds. The SMILES string of the molecule is CO[C@@H]1[C@H](OC(=O)NC(=O)CCl)CC[C@](O)(C[S+](C)Cc2ccccc2)[C@H]1[C@]1(C)O[C@@H]1CC=C(C)C.[Br-]. The molecule has 1 aliphatic carbocycles. The van der Waals surface area contributed by atoms with Gasteiger partial charge in [-0.05, 0) is 50.9 Å². The predicted molar refractivity (Wildman–Crippen MR) is 143 cm³/mol. The van der Waals surface area contributed by atoms with Crippen molar-refractivity contribution in [3.05, 3.63) is 47.5 Å². The number of methoxy groups -OCH3 is 1. The molecule has 10 heteroatoms. The van der Waals surface area contributed by atoms with E-state index in [1.165, 1.54) is 11.1 Å². The van der Waals surface area contributed by atoms with E-state index in [0.29, 0.717) is 18.6 Å². The van der Waals surface area contributed by atoms with Gasteiger partial charge in [0.15, 0.2) is 0 Å². The number of rotatable bonds is 10. The van der Waals surface area contributed by atoms with Gasteiger partial charge in [0.1, 0.15) is 40.8 Å². The number of alkyl halides is 1. The molecule has 1 saturated carbocycles. The Morgan fingerprint density at radius 1 is 1.30 bits per heavy atom. The van der Waals surface area contributed by atoms with E-state index in [-0.39, 0.29) is 39.9 Å². The van der Waals surface area contributed by atoms with Crippen LogP contribution in [0.4, 0.5) is 4.79 Å². The summed E-state index contributed by atoms with van der Waals surface area (Å²) in [6.07, 6.45) is 3.72. The minimum absolute atomic E-state index is 0. The van der Waals surface area contributed by atoms with Crippen molar-refractivity contribution in [1.29, 1.82) is 0 Å². The molecule has 0 aromatic heterocycles. The minimum atomic E-state index is -1.07. The number of amides is 2. The second-order valence-electron chi connectivity index (χ2n) is 10.3. The first kappa shape index (κ1) is 32.1. The number of epoxide rings is 1. The van der Waals surface area contributed by atoms with Crippen molar-refractivity contribution in [1.82, 2.24) is 5.32 Å². The molecule has 7 nitrogen and oxygen atoms in total. The molecule has 0 bridgehead atoms. The lowest BCUT2D eigenvalue weighted by molar-refractivity contribution is -0.170. The molecule has 2 fully saturated rings. The number of halogens is 2. The number of allylic oxidation sites excluding steroid dienone is 1. The van der Waals surface area contributed by atoms with Crippen molar-refractivity contribution in [3.8, 4) is 0 Å². The second kappa shape index (κ2) is 13.8. The van der Waals surface area contributed by atoms with Crippen molar-refractivity contribution in [2.45, 2.75) is 75.3 Å². The zero-order chi connectivity index (χ0) is 26.5. The highest BCUT2D eigenvalue weighted by molar-refractivity contribution is 7.95. The number of aliphatic hydroxyl groups is 1. The first-order valence-corrected chi connectivity index (χ1v) is 14.8. The van der Waals surface area contributed by atoms with Gasteiger partial charge in [-0.3, -0.25) is 10.1 Å². The molecule has 7 atom stereocenters. The van der Waals surface area contributed by atoms with Crippen molar-refractivity contribution >= 4 is 34.5 Å². The van der Waals surface area contributed by atoms with Crippen LogP contribution in [-0.4, -0.2) is 71.6 Å². The second-order valence-corrected chi connectivity index (χ2v) is 12.7. The van der Waals surface area contributed by atoms with Crippen LogP contribution in [0.5, 0.6) is 0 Å². The van der Waals surface area contributed by atoms with Crippen LogP contribution in [0.15, 0.2) is 42.0 Å². The van der Waals surface area contributed by atoms with Gasteiger partial charge in [0, 0.05) is 12.7 Å². The molecule has 1 aromatic rings. The van der Waals surface area contributed by atoms with Gasteiger partial charge in [0.2, 0.25) is 5.91 Å². The summed E-state index contributed by atoms with van der Waals surface area (Å²) < 4.78 is 17.8. The molecule has 1 unspecified atom stereocenters. The summed E-state index contributed by atoms with van der Waals surface area (Å²) in [5.74, 6) is 0.0643. The summed E-state index contributed by atoms with van der Waals surface area (Å²) in [6, 6.07) is 10.3. The molecular weight excluding hydrogens is 582 g/mol. The van der Waals surface area contributed by atoms with Crippen LogP contribution in [0.25, 0.3) is 0 Å². The van der Waals surface area contributed by atoms with E-state index in [0.717, 1.165) is 12.2 Å². The molecule has 2 N–H and O–H groups in total. The van der Waals surface area contributed by atoms with Crippen LogP contribution in [0.2, 0.25) is 0 Å². The number of alkyl carbamates (subject to hydrolysis) is 1. The number of nitrogens with one attached hydrogen (secondary N) is 1. The van der Waals surface area contributed by atoms with E-state index in [9.17, 15) is 14.7 Å². The molecule has 1 aromatic carbocycles. The average molecular weight is 621 g/mol. The Balaban J connectivity index is 0.00000481. The smallest absolute Gasteiger partial charge is 0.414 e. The van der Waals surface area contributed by atoms with Crippen LogP contribution in [0.3, 0.4) is 0 Å². The molecule has 1 aliphatic heterocycles. The Labute approximate surface area is 238 Å². The van der Waals surface area contributed by atoms with Crippen LogP contribution >= 0.6 is 11.6 Å². The molecule has 1 saturated heterocycles. The molecule has 1 heterocycles. The fraction of sp³-hybridized carbons (Fsp3) is 0.630. The number of ether oxygens (including phenoxy) is 3. The third-order valence-electron chi connectivity index (χ3n) is 7.12. The van der Waals surface area contributed by atoms with Gasteiger partial charge in [0.25, 0.3) is 0 Å². The molecule has 37 heavy (non-hydrogen) atoms.